The zero-order valence-electron chi connectivity index (χ0n) is 21.6. The minimum absolute atomic E-state index is 0.0668. The lowest BCUT2D eigenvalue weighted by Gasteiger charge is -2.31. The lowest BCUT2D eigenvalue weighted by Crippen LogP contribution is -2.28. The van der Waals surface area contributed by atoms with Crippen LogP contribution < -0.4 is 0 Å². The van der Waals surface area contributed by atoms with Crippen molar-refractivity contribution in [3.05, 3.63) is 106 Å². The van der Waals surface area contributed by atoms with Crippen LogP contribution >= 0.6 is 11.6 Å². The number of carbonyl (C=O) groups excluding carboxylic acids is 1. The summed E-state index contributed by atoms with van der Waals surface area (Å²) in [5.41, 5.74) is 3.77. The second kappa shape index (κ2) is 9.87. The SMILES string of the molecule is CC(C)(C)C1=CC(=C(N=Nc2ccc(Cl)cc2)c2ccc(-c3ccccc3)o2)C=C(C(C)(C)C)C1=O. The minimum atomic E-state index is -0.343. The van der Waals surface area contributed by atoms with Crippen LogP contribution in [0.1, 0.15) is 47.3 Å². The number of benzene rings is 2. The Labute approximate surface area is 218 Å². The predicted octanol–water partition coefficient (Wildman–Crippen LogP) is 9.62. The number of Topliss-reactive ketones (excluding diaryl/α,β-unsaturated/α-hetero) is 1. The van der Waals surface area contributed by atoms with Gasteiger partial charge in [-0.15, -0.1) is 5.11 Å². The molecule has 0 atom stereocenters. The van der Waals surface area contributed by atoms with Crippen LogP contribution in [-0.4, -0.2) is 5.78 Å². The zero-order valence-corrected chi connectivity index (χ0v) is 22.4. The summed E-state index contributed by atoms with van der Waals surface area (Å²) in [6, 6.07) is 20.9. The van der Waals surface area contributed by atoms with Crippen molar-refractivity contribution in [2.45, 2.75) is 41.5 Å². The monoisotopic (exact) mass is 498 g/mol. The molecule has 0 N–H and O–H groups in total. The molecule has 36 heavy (non-hydrogen) atoms. The summed E-state index contributed by atoms with van der Waals surface area (Å²) in [7, 11) is 0. The highest BCUT2D eigenvalue weighted by Gasteiger charge is 2.35. The number of hydrogen-bond acceptors (Lipinski definition) is 4. The van der Waals surface area contributed by atoms with Crippen molar-refractivity contribution >= 4 is 28.8 Å². The first-order chi connectivity index (χ1) is 16.9. The van der Waals surface area contributed by atoms with Crippen molar-refractivity contribution < 1.29 is 9.21 Å². The molecule has 0 fully saturated rings. The lowest BCUT2D eigenvalue weighted by molar-refractivity contribution is -0.114. The fraction of sp³-hybridized carbons (Fsp3) is 0.258. The largest absolute Gasteiger partial charge is 0.454 e. The molecule has 5 heteroatoms. The molecule has 1 aliphatic carbocycles. The van der Waals surface area contributed by atoms with Crippen LogP contribution in [0.25, 0.3) is 17.0 Å². The first kappa shape index (κ1) is 25.6. The summed E-state index contributed by atoms with van der Waals surface area (Å²) in [5.74, 6) is 1.37. The molecule has 1 heterocycles. The van der Waals surface area contributed by atoms with Crippen LogP contribution in [0.3, 0.4) is 0 Å². The van der Waals surface area contributed by atoms with Gasteiger partial charge >= 0.3 is 0 Å². The van der Waals surface area contributed by atoms with Gasteiger partial charge in [-0.3, -0.25) is 4.79 Å². The van der Waals surface area contributed by atoms with Gasteiger partial charge in [-0.25, -0.2) is 0 Å². The van der Waals surface area contributed by atoms with Gasteiger partial charge in [0.1, 0.15) is 11.5 Å². The third-order valence-electron chi connectivity index (χ3n) is 5.97. The highest BCUT2D eigenvalue weighted by Crippen LogP contribution is 2.41. The fourth-order valence-electron chi connectivity index (χ4n) is 3.97. The lowest BCUT2D eigenvalue weighted by atomic mass is 9.71. The molecule has 184 valence electrons. The molecule has 2 aromatic carbocycles. The third-order valence-corrected chi connectivity index (χ3v) is 6.22. The molecule has 1 aliphatic rings. The van der Waals surface area contributed by atoms with E-state index in [4.69, 9.17) is 16.0 Å². The van der Waals surface area contributed by atoms with Crippen LogP contribution in [0.2, 0.25) is 5.02 Å². The first-order valence-electron chi connectivity index (χ1n) is 12.0. The van der Waals surface area contributed by atoms with Gasteiger partial charge in [0, 0.05) is 27.3 Å². The average molecular weight is 499 g/mol. The van der Waals surface area contributed by atoms with Crippen molar-refractivity contribution in [3.8, 4) is 11.3 Å². The van der Waals surface area contributed by atoms with Crippen molar-refractivity contribution in [2.75, 3.05) is 0 Å². The van der Waals surface area contributed by atoms with Crippen LogP contribution in [0.15, 0.2) is 110 Å². The van der Waals surface area contributed by atoms with E-state index in [1.807, 2.05) is 66.7 Å². The second-order valence-electron chi connectivity index (χ2n) is 11.0. The molecule has 4 rings (SSSR count). The van der Waals surface area contributed by atoms with Gasteiger partial charge in [-0.2, -0.15) is 5.11 Å². The molecule has 0 saturated carbocycles. The highest BCUT2D eigenvalue weighted by atomic mass is 35.5. The number of hydrogen-bond donors (Lipinski definition) is 0. The number of halogens is 1. The Kier molecular flexibility index (Phi) is 7.01. The second-order valence-corrected chi connectivity index (χ2v) is 11.4. The Bertz CT molecular complexity index is 1360. The smallest absolute Gasteiger partial charge is 0.186 e. The van der Waals surface area contributed by atoms with E-state index in [1.54, 1.807) is 12.1 Å². The van der Waals surface area contributed by atoms with E-state index < -0.39 is 0 Å². The maximum atomic E-state index is 13.5. The topological polar surface area (TPSA) is 54.9 Å². The van der Waals surface area contributed by atoms with Gasteiger partial charge in [-0.1, -0.05) is 83.5 Å². The van der Waals surface area contributed by atoms with Crippen molar-refractivity contribution in [1.29, 1.82) is 0 Å². The highest BCUT2D eigenvalue weighted by molar-refractivity contribution is 6.30. The van der Waals surface area contributed by atoms with E-state index in [-0.39, 0.29) is 16.6 Å². The molecule has 0 spiro atoms. The van der Waals surface area contributed by atoms with Crippen LogP contribution in [0.5, 0.6) is 0 Å². The van der Waals surface area contributed by atoms with E-state index in [0.717, 1.165) is 28.0 Å². The molecule has 0 aliphatic heterocycles. The van der Waals surface area contributed by atoms with E-state index in [2.05, 4.69) is 51.8 Å². The summed E-state index contributed by atoms with van der Waals surface area (Å²) < 4.78 is 6.28. The first-order valence-corrected chi connectivity index (χ1v) is 12.4. The summed E-state index contributed by atoms with van der Waals surface area (Å²) in [6.45, 7) is 12.3. The normalized spacial score (nSPS) is 14.8. The molecule has 0 amide bonds. The van der Waals surface area contributed by atoms with E-state index in [1.165, 1.54) is 0 Å². The molecule has 0 radical (unpaired) electrons. The quantitative estimate of drug-likeness (QED) is 0.336. The molecule has 0 unspecified atom stereocenters. The van der Waals surface area contributed by atoms with Crippen molar-refractivity contribution in [2.24, 2.45) is 21.1 Å². The third kappa shape index (κ3) is 5.66. The number of carbonyl (C=O) groups is 1. The Morgan fingerprint density at radius 1 is 0.778 bits per heavy atom. The minimum Gasteiger partial charge on any atom is -0.454 e. The van der Waals surface area contributed by atoms with Crippen LogP contribution in [0, 0.1) is 10.8 Å². The number of allylic oxidation sites excluding steroid dienone is 5. The Morgan fingerprint density at radius 2 is 1.36 bits per heavy atom. The van der Waals surface area contributed by atoms with Crippen LogP contribution in [-0.2, 0) is 4.79 Å². The molecule has 3 aromatic rings. The maximum absolute atomic E-state index is 13.5. The zero-order chi connectivity index (χ0) is 26.1. The average Bonchev–Trinajstić information content (AvgIpc) is 3.30. The Hall–Kier alpha value is -3.50. The van der Waals surface area contributed by atoms with Crippen LogP contribution in [0.4, 0.5) is 5.69 Å². The van der Waals surface area contributed by atoms with Gasteiger partial charge in [0.2, 0.25) is 0 Å². The molecular weight excluding hydrogens is 468 g/mol. The molecule has 0 bridgehead atoms. The summed E-state index contributed by atoms with van der Waals surface area (Å²) >= 11 is 6.04. The number of azo groups is 1. The fourth-order valence-corrected chi connectivity index (χ4v) is 4.09. The molecular formula is C31H31ClN2O2. The van der Waals surface area contributed by atoms with E-state index in [0.29, 0.717) is 22.2 Å². The maximum Gasteiger partial charge on any atom is 0.186 e. The van der Waals surface area contributed by atoms with E-state index in [9.17, 15) is 4.79 Å². The summed E-state index contributed by atoms with van der Waals surface area (Å²) in [4.78, 5) is 13.5. The van der Waals surface area contributed by atoms with Gasteiger partial charge in [0.05, 0.1) is 5.69 Å². The van der Waals surface area contributed by atoms with Crippen molar-refractivity contribution in [1.82, 2.24) is 0 Å². The standard InChI is InChI=1S/C31H31ClN2O2/c1-30(2,3)24-18-21(19-25(29(24)35)31(4,5)6)28(34-33-23-14-12-22(32)13-15-23)27-17-16-26(36-27)20-10-8-7-9-11-20/h7-19H,1-6H3. The number of nitrogens with zero attached hydrogens (tertiary/aromatic N) is 2. The number of rotatable bonds is 4. The van der Waals surface area contributed by atoms with Gasteiger partial charge in [0.25, 0.3) is 0 Å². The summed E-state index contributed by atoms with van der Waals surface area (Å²) in [6.07, 6.45) is 3.86. The predicted molar refractivity (Wildman–Crippen MR) is 147 cm³/mol. The molecule has 0 saturated heterocycles. The molecule has 1 aromatic heterocycles. The number of furan rings is 1. The Morgan fingerprint density at radius 3 is 1.92 bits per heavy atom. The van der Waals surface area contributed by atoms with Crippen molar-refractivity contribution in [3.63, 3.8) is 0 Å². The number of ketones is 1. The Balaban J connectivity index is 1.93. The summed E-state index contributed by atoms with van der Waals surface area (Å²) in [5, 5.41) is 9.76. The van der Waals surface area contributed by atoms with E-state index >= 15 is 0 Å². The van der Waals surface area contributed by atoms with Gasteiger partial charge in [-0.05, 0) is 59.4 Å². The molecule has 4 nitrogen and oxygen atoms in total. The van der Waals surface area contributed by atoms with Gasteiger partial charge < -0.3 is 4.42 Å². The van der Waals surface area contributed by atoms with Gasteiger partial charge in [0.15, 0.2) is 11.5 Å².